The van der Waals surface area contributed by atoms with Gasteiger partial charge in [0.2, 0.25) is 0 Å². The third-order valence-electron chi connectivity index (χ3n) is 3.55. The zero-order valence-electron chi connectivity index (χ0n) is 11.0. The molecule has 0 aromatic carbocycles. The maximum atomic E-state index is 11.4. The highest BCUT2D eigenvalue weighted by Gasteiger charge is 2.34. The van der Waals surface area contributed by atoms with Gasteiger partial charge in [-0.3, -0.25) is 0 Å². The van der Waals surface area contributed by atoms with E-state index in [1.807, 2.05) is 18.9 Å². The molecule has 0 aromatic heterocycles. The van der Waals surface area contributed by atoms with Gasteiger partial charge in [0, 0.05) is 18.0 Å². The molecule has 0 aliphatic carbocycles. The quantitative estimate of drug-likeness (QED) is 0.672. The SMILES string of the molecule is CCCC(C)(C=O)CN(C)C1CCS(=O)(=O)C1. The van der Waals surface area contributed by atoms with Crippen LogP contribution in [0.15, 0.2) is 0 Å². The van der Waals surface area contributed by atoms with Crippen LogP contribution in [0.1, 0.15) is 33.1 Å². The number of carbonyl (C=O) groups excluding carboxylic acids is 1. The Balaban J connectivity index is 2.60. The molecule has 1 heterocycles. The first-order valence-electron chi connectivity index (χ1n) is 6.19. The van der Waals surface area contributed by atoms with Crippen molar-refractivity contribution in [2.75, 3.05) is 25.1 Å². The number of hydrogen-bond donors (Lipinski definition) is 0. The smallest absolute Gasteiger partial charge is 0.151 e. The Morgan fingerprint density at radius 3 is 2.53 bits per heavy atom. The summed E-state index contributed by atoms with van der Waals surface area (Å²) >= 11 is 0. The fourth-order valence-corrected chi connectivity index (χ4v) is 4.37. The van der Waals surface area contributed by atoms with E-state index in [4.69, 9.17) is 0 Å². The van der Waals surface area contributed by atoms with Gasteiger partial charge in [-0.15, -0.1) is 0 Å². The Morgan fingerprint density at radius 2 is 2.12 bits per heavy atom. The summed E-state index contributed by atoms with van der Waals surface area (Å²) in [5.74, 6) is 0.526. The fourth-order valence-electron chi connectivity index (χ4n) is 2.57. The number of sulfone groups is 1. The van der Waals surface area contributed by atoms with Gasteiger partial charge in [-0.2, -0.15) is 0 Å². The Labute approximate surface area is 104 Å². The molecule has 1 rings (SSSR count). The van der Waals surface area contributed by atoms with Crippen LogP contribution < -0.4 is 0 Å². The molecule has 0 bridgehead atoms. The molecule has 4 nitrogen and oxygen atoms in total. The topological polar surface area (TPSA) is 54.5 Å². The van der Waals surface area contributed by atoms with Crippen molar-refractivity contribution < 1.29 is 13.2 Å². The van der Waals surface area contributed by atoms with E-state index in [1.165, 1.54) is 0 Å². The molecule has 1 aliphatic rings. The van der Waals surface area contributed by atoms with Crippen molar-refractivity contribution in [1.29, 1.82) is 0 Å². The van der Waals surface area contributed by atoms with E-state index < -0.39 is 9.84 Å². The molecule has 0 N–H and O–H groups in total. The lowest BCUT2D eigenvalue weighted by molar-refractivity contribution is -0.116. The van der Waals surface area contributed by atoms with Crippen molar-refractivity contribution in [3.8, 4) is 0 Å². The summed E-state index contributed by atoms with van der Waals surface area (Å²) in [5, 5.41) is 0. The van der Waals surface area contributed by atoms with Crippen LogP contribution in [0.25, 0.3) is 0 Å². The minimum absolute atomic E-state index is 0.0798. The normalized spacial score (nSPS) is 26.9. The zero-order valence-corrected chi connectivity index (χ0v) is 11.8. The molecule has 100 valence electrons. The van der Waals surface area contributed by atoms with Crippen LogP contribution in [-0.2, 0) is 14.6 Å². The molecular formula is C12H23NO3S. The van der Waals surface area contributed by atoms with Crippen molar-refractivity contribution in [3.63, 3.8) is 0 Å². The number of rotatable bonds is 6. The summed E-state index contributed by atoms with van der Waals surface area (Å²) in [6, 6.07) is 0.0798. The number of carbonyl (C=O) groups is 1. The van der Waals surface area contributed by atoms with Gasteiger partial charge < -0.3 is 9.69 Å². The molecule has 5 heteroatoms. The summed E-state index contributed by atoms with van der Waals surface area (Å²) in [7, 11) is -0.926. The summed E-state index contributed by atoms with van der Waals surface area (Å²) in [6.07, 6.45) is 3.52. The summed E-state index contributed by atoms with van der Waals surface area (Å²) in [4.78, 5) is 13.2. The van der Waals surface area contributed by atoms with Gasteiger partial charge in [0.25, 0.3) is 0 Å². The van der Waals surface area contributed by atoms with E-state index in [2.05, 4.69) is 6.92 Å². The fraction of sp³-hybridized carbons (Fsp3) is 0.917. The molecule has 0 saturated carbocycles. The lowest BCUT2D eigenvalue weighted by atomic mass is 9.86. The third kappa shape index (κ3) is 4.07. The van der Waals surface area contributed by atoms with Gasteiger partial charge >= 0.3 is 0 Å². The van der Waals surface area contributed by atoms with Gasteiger partial charge in [-0.25, -0.2) is 8.42 Å². The molecule has 0 aromatic rings. The van der Waals surface area contributed by atoms with E-state index >= 15 is 0 Å². The Bertz CT molecular complexity index is 366. The van der Waals surface area contributed by atoms with E-state index in [0.29, 0.717) is 13.0 Å². The molecule has 2 unspecified atom stereocenters. The first kappa shape index (κ1) is 14.6. The first-order valence-corrected chi connectivity index (χ1v) is 8.01. The Morgan fingerprint density at radius 1 is 1.47 bits per heavy atom. The summed E-state index contributed by atoms with van der Waals surface area (Å²) in [5.41, 5.74) is -0.351. The number of aldehydes is 1. The van der Waals surface area contributed by atoms with Crippen LogP contribution >= 0.6 is 0 Å². The van der Waals surface area contributed by atoms with Gasteiger partial charge in [-0.1, -0.05) is 20.3 Å². The maximum absolute atomic E-state index is 11.4. The molecule has 0 radical (unpaired) electrons. The lowest BCUT2D eigenvalue weighted by Gasteiger charge is -2.32. The van der Waals surface area contributed by atoms with Crippen LogP contribution in [-0.4, -0.2) is 50.7 Å². The van der Waals surface area contributed by atoms with Crippen LogP contribution in [0.4, 0.5) is 0 Å². The molecular weight excluding hydrogens is 238 g/mol. The second kappa shape index (κ2) is 5.48. The van der Waals surface area contributed by atoms with Crippen molar-refractivity contribution in [2.45, 2.75) is 39.2 Å². The average Bonchev–Trinajstić information content (AvgIpc) is 2.59. The van der Waals surface area contributed by atoms with E-state index in [0.717, 1.165) is 19.1 Å². The van der Waals surface area contributed by atoms with Gasteiger partial charge in [0.1, 0.15) is 6.29 Å². The van der Waals surface area contributed by atoms with Crippen LogP contribution in [0.3, 0.4) is 0 Å². The average molecular weight is 261 g/mol. The minimum atomic E-state index is -2.85. The van der Waals surface area contributed by atoms with Crippen LogP contribution in [0.5, 0.6) is 0 Å². The van der Waals surface area contributed by atoms with Gasteiger partial charge in [-0.05, 0) is 19.9 Å². The molecule has 1 aliphatic heterocycles. The standard InChI is InChI=1S/C12H23NO3S/c1-4-6-12(2,10-14)9-13(3)11-5-7-17(15,16)8-11/h10-11H,4-9H2,1-3H3. The van der Waals surface area contributed by atoms with Crippen molar-refractivity contribution >= 4 is 16.1 Å². The molecule has 0 amide bonds. The summed E-state index contributed by atoms with van der Waals surface area (Å²) < 4.78 is 22.8. The van der Waals surface area contributed by atoms with E-state index in [1.54, 1.807) is 0 Å². The highest BCUT2D eigenvalue weighted by atomic mass is 32.2. The predicted molar refractivity (Wildman–Crippen MR) is 68.8 cm³/mol. The molecule has 1 saturated heterocycles. The molecule has 0 spiro atoms. The number of hydrogen-bond acceptors (Lipinski definition) is 4. The first-order chi connectivity index (χ1) is 7.82. The Hall–Kier alpha value is -0.420. The zero-order chi connectivity index (χ0) is 13.1. The second-order valence-corrected chi connectivity index (χ2v) is 7.72. The molecule has 2 atom stereocenters. The highest BCUT2D eigenvalue weighted by molar-refractivity contribution is 7.91. The van der Waals surface area contributed by atoms with E-state index in [-0.39, 0.29) is 23.0 Å². The van der Waals surface area contributed by atoms with Crippen LogP contribution in [0.2, 0.25) is 0 Å². The molecule has 1 fully saturated rings. The van der Waals surface area contributed by atoms with Gasteiger partial charge in [0.05, 0.1) is 11.5 Å². The second-order valence-electron chi connectivity index (χ2n) is 5.49. The predicted octanol–water partition coefficient (Wildman–Crippen LogP) is 1.11. The number of nitrogens with zero attached hydrogens (tertiary/aromatic N) is 1. The molecule has 17 heavy (non-hydrogen) atoms. The van der Waals surface area contributed by atoms with Crippen molar-refractivity contribution in [3.05, 3.63) is 0 Å². The van der Waals surface area contributed by atoms with Crippen molar-refractivity contribution in [1.82, 2.24) is 4.90 Å². The third-order valence-corrected chi connectivity index (χ3v) is 5.30. The monoisotopic (exact) mass is 261 g/mol. The van der Waals surface area contributed by atoms with Crippen molar-refractivity contribution in [2.24, 2.45) is 5.41 Å². The maximum Gasteiger partial charge on any atom is 0.151 e. The van der Waals surface area contributed by atoms with Gasteiger partial charge in [0.15, 0.2) is 9.84 Å². The van der Waals surface area contributed by atoms with Crippen LogP contribution in [0, 0.1) is 5.41 Å². The summed E-state index contributed by atoms with van der Waals surface area (Å²) in [6.45, 7) is 4.65. The largest absolute Gasteiger partial charge is 0.303 e. The van der Waals surface area contributed by atoms with E-state index in [9.17, 15) is 13.2 Å². The minimum Gasteiger partial charge on any atom is -0.303 e. The Kier molecular flexibility index (Phi) is 4.72. The highest BCUT2D eigenvalue weighted by Crippen LogP contribution is 2.25. The lowest BCUT2D eigenvalue weighted by Crippen LogP contribution is -2.41.